The Morgan fingerprint density at radius 3 is 2.43 bits per heavy atom. The van der Waals surface area contributed by atoms with Gasteiger partial charge in [-0.1, -0.05) is 0 Å². The van der Waals surface area contributed by atoms with Crippen molar-refractivity contribution in [2.75, 3.05) is 44.8 Å². The Labute approximate surface area is 215 Å². The number of piperidine rings is 1. The molecule has 0 atom stereocenters. The number of nitrogens with zero attached hydrogens (tertiary/aromatic N) is 6. The van der Waals surface area contributed by atoms with Crippen LogP contribution in [0, 0.1) is 0 Å². The quantitative estimate of drug-likeness (QED) is 0.413. The molecule has 0 aliphatic carbocycles. The summed E-state index contributed by atoms with van der Waals surface area (Å²) in [6.07, 6.45) is 1.11. The molecule has 1 aliphatic rings. The maximum absolute atomic E-state index is 13.7. The lowest BCUT2D eigenvalue weighted by atomic mass is 10.1. The zero-order valence-electron chi connectivity index (χ0n) is 21.7. The summed E-state index contributed by atoms with van der Waals surface area (Å²) in [6, 6.07) is -0.178. The van der Waals surface area contributed by atoms with Crippen LogP contribution in [0.2, 0.25) is 0 Å². The van der Waals surface area contributed by atoms with Gasteiger partial charge in [-0.2, -0.15) is 18.3 Å². The first-order chi connectivity index (χ1) is 17.1. The number of nitrogens with one attached hydrogen (secondary N) is 1. The first-order valence-corrected chi connectivity index (χ1v) is 13.8. The molecule has 0 amide bonds. The van der Waals surface area contributed by atoms with Crippen molar-refractivity contribution in [2.45, 2.75) is 63.9 Å². The Hall–Kier alpha value is -2.29. The van der Waals surface area contributed by atoms with Gasteiger partial charge in [-0.15, -0.1) is 0 Å². The molecule has 1 aliphatic heterocycles. The number of aliphatic hydroxyl groups is 1. The Kier molecular flexibility index (Phi) is 9.19. The second-order valence-corrected chi connectivity index (χ2v) is 12.4. The van der Waals surface area contributed by atoms with E-state index in [0.29, 0.717) is 32.4 Å². The number of hydrogen-bond donors (Lipinski definition) is 2. The molecule has 0 aromatic carbocycles. The van der Waals surface area contributed by atoms with Crippen molar-refractivity contribution >= 4 is 16.0 Å². The van der Waals surface area contributed by atoms with Gasteiger partial charge < -0.3 is 15.3 Å². The topological polar surface area (TPSA) is 116 Å². The van der Waals surface area contributed by atoms with E-state index in [4.69, 9.17) is 0 Å². The number of aromatic nitrogens is 4. The summed E-state index contributed by atoms with van der Waals surface area (Å²) in [7, 11) is 0.540. The summed E-state index contributed by atoms with van der Waals surface area (Å²) < 4.78 is 69.2. The normalized spacial score (nSPS) is 16.5. The molecule has 2 aromatic heterocycles. The maximum Gasteiger partial charge on any atom is 0.419 e. The number of unbranched alkanes of at least 4 members (excludes halogenated alkanes) is 1. The molecule has 1 saturated heterocycles. The van der Waals surface area contributed by atoms with Crippen molar-refractivity contribution in [2.24, 2.45) is 0 Å². The van der Waals surface area contributed by atoms with E-state index in [9.17, 15) is 26.7 Å². The van der Waals surface area contributed by atoms with Crippen LogP contribution in [-0.2, 0) is 22.7 Å². The predicted octanol–water partition coefficient (Wildman–Crippen LogP) is 2.68. The monoisotopic (exact) mass is 547 g/mol. The molecule has 0 saturated carbocycles. The highest BCUT2D eigenvalue weighted by molar-refractivity contribution is 7.89. The van der Waals surface area contributed by atoms with Crippen molar-refractivity contribution in [3.05, 3.63) is 24.2 Å². The van der Waals surface area contributed by atoms with E-state index in [2.05, 4.69) is 20.4 Å². The Bertz CT molecular complexity index is 1140. The number of sulfonamides is 1. The van der Waals surface area contributed by atoms with Crippen LogP contribution in [0.5, 0.6) is 0 Å². The highest BCUT2D eigenvalue weighted by Crippen LogP contribution is 2.36. The van der Waals surface area contributed by atoms with Crippen LogP contribution in [0.3, 0.4) is 0 Å². The zero-order chi connectivity index (χ0) is 27.4. The summed E-state index contributed by atoms with van der Waals surface area (Å²) in [6.45, 7) is 4.72. The predicted molar refractivity (Wildman–Crippen MR) is 134 cm³/mol. The van der Waals surface area contributed by atoms with Gasteiger partial charge in [0.05, 0.1) is 29.8 Å². The van der Waals surface area contributed by atoms with Gasteiger partial charge in [0, 0.05) is 37.1 Å². The molecule has 0 radical (unpaired) electrons. The SMILES string of the molecule is CN(C)CCCCS(=O)(=O)N1CCC(Nc2ncc(C(F)(F)F)c(-c3cnn(CC(C)(C)O)c3)n2)CC1. The van der Waals surface area contributed by atoms with Crippen LogP contribution in [-0.4, -0.2) is 93.6 Å². The lowest BCUT2D eigenvalue weighted by Gasteiger charge is -2.31. The van der Waals surface area contributed by atoms with Crippen LogP contribution >= 0.6 is 0 Å². The fourth-order valence-electron chi connectivity index (χ4n) is 4.15. The standard InChI is InChI=1S/C23H36F3N7O3S/c1-22(2,34)16-32-15-17(13-28-32)20-19(23(24,25)26)14-27-21(30-20)29-18-7-10-33(11-8-18)37(35,36)12-6-5-9-31(3)4/h13-15,18,34H,5-12,16H2,1-4H3,(H,27,29,30). The molecule has 37 heavy (non-hydrogen) atoms. The molecule has 0 spiro atoms. The first-order valence-electron chi connectivity index (χ1n) is 12.2. The highest BCUT2D eigenvalue weighted by atomic mass is 32.2. The van der Waals surface area contributed by atoms with Gasteiger partial charge in [0.1, 0.15) is 5.56 Å². The van der Waals surface area contributed by atoms with Crippen LogP contribution < -0.4 is 5.32 Å². The third-order valence-corrected chi connectivity index (χ3v) is 7.94. The summed E-state index contributed by atoms with van der Waals surface area (Å²) in [5.74, 6) is 0.133. The fraction of sp³-hybridized carbons (Fsp3) is 0.696. The second-order valence-electron chi connectivity index (χ2n) is 10.3. The van der Waals surface area contributed by atoms with Crippen molar-refractivity contribution in [3.63, 3.8) is 0 Å². The molecule has 1 fully saturated rings. The molecule has 14 heteroatoms. The van der Waals surface area contributed by atoms with Crippen molar-refractivity contribution in [3.8, 4) is 11.3 Å². The number of rotatable bonds is 11. The molecule has 2 aromatic rings. The molecule has 3 rings (SSSR count). The van der Waals surface area contributed by atoms with E-state index in [1.807, 2.05) is 19.0 Å². The van der Waals surface area contributed by atoms with Gasteiger partial charge in [-0.05, 0) is 60.2 Å². The molecule has 2 N–H and O–H groups in total. The molecular weight excluding hydrogens is 511 g/mol. The molecule has 0 bridgehead atoms. The third kappa shape index (κ3) is 8.62. The minimum atomic E-state index is -4.67. The van der Waals surface area contributed by atoms with Crippen LogP contribution in [0.15, 0.2) is 18.6 Å². The highest BCUT2D eigenvalue weighted by Gasteiger charge is 2.36. The van der Waals surface area contributed by atoms with E-state index in [1.54, 1.807) is 13.8 Å². The third-order valence-electron chi connectivity index (χ3n) is 5.99. The van der Waals surface area contributed by atoms with Gasteiger partial charge >= 0.3 is 6.18 Å². The van der Waals surface area contributed by atoms with E-state index in [1.165, 1.54) is 21.4 Å². The number of alkyl halides is 3. The zero-order valence-corrected chi connectivity index (χ0v) is 22.5. The molecule has 208 valence electrons. The fourth-order valence-corrected chi connectivity index (χ4v) is 5.74. The lowest BCUT2D eigenvalue weighted by Crippen LogP contribution is -2.43. The average molecular weight is 548 g/mol. The van der Waals surface area contributed by atoms with Gasteiger partial charge in [0.2, 0.25) is 16.0 Å². The van der Waals surface area contributed by atoms with Crippen molar-refractivity contribution in [1.82, 2.24) is 29.0 Å². The van der Waals surface area contributed by atoms with Crippen LogP contribution in [0.4, 0.5) is 19.1 Å². The number of anilines is 1. The van der Waals surface area contributed by atoms with Crippen LogP contribution in [0.1, 0.15) is 45.1 Å². The van der Waals surface area contributed by atoms with Gasteiger partial charge in [-0.3, -0.25) is 4.68 Å². The van der Waals surface area contributed by atoms with E-state index < -0.39 is 27.4 Å². The first kappa shape index (κ1) is 29.3. The Balaban J connectivity index is 1.67. The number of hydrogen-bond acceptors (Lipinski definition) is 8. The van der Waals surface area contributed by atoms with Gasteiger partial charge in [0.25, 0.3) is 0 Å². The summed E-state index contributed by atoms with van der Waals surface area (Å²) in [4.78, 5) is 10.0. The Morgan fingerprint density at radius 1 is 1.16 bits per heavy atom. The van der Waals surface area contributed by atoms with E-state index in [0.717, 1.165) is 19.2 Å². The maximum atomic E-state index is 13.7. The van der Waals surface area contributed by atoms with Gasteiger partial charge in [0.15, 0.2) is 0 Å². The summed E-state index contributed by atoms with van der Waals surface area (Å²) >= 11 is 0. The lowest BCUT2D eigenvalue weighted by molar-refractivity contribution is -0.137. The number of halogens is 3. The van der Waals surface area contributed by atoms with Gasteiger partial charge in [-0.25, -0.2) is 22.7 Å². The van der Waals surface area contributed by atoms with Crippen molar-refractivity contribution in [1.29, 1.82) is 0 Å². The molecule has 0 unspecified atom stereocenters. The minimum Gasteiger partial charge on any atom is -0.389 e. The second kappa shape index (κ2) is 11.6. The largest absolute Gasteiger partial charge is 0.419 e. The van der Waals surface area contributed by atoms with E-state index >= 15 is 0 Å². The minimum absolute atomic E-state index is 0.0308. The molecular formula is C23H36F3N7O3S. The summed E-state index contributed by atoms with van der Waals surface area (Å²) in [5, 5.41) is 17.1. The Morgan fingerprint density at radius 2 is 1.84 bits per heavy atom. The smallest absolute Gasteiger partial charge is 0.389 e. The summed E-state index contributed by atoms with van der Waals surface area (Å²) in [5.41, 5.74) is -2.25. The average Bonchev–Trinajstić information content (AvgIpc) is 3.23. The molecule has 10 nitrogen and oxygen atoms in total. The van der Waals surface area contributed by atoms with E-state index in [-0.39, 0.29) is 35.5 Å². The van der Waals surface area contributed by atoms with Crippen LogP contribution in [0.25, 0.3) is 11.3 Å². The van der Waals surface area contributed by atoms with Crippen molar-refractivity contribution < 1.29 is 26.7 Å². The molecule has 3 heterocycles.